The molecule has 2 N–H and O–H groups in total. The molecule has 1 aromatic rings. The number of hydrogen-bond donors (Lipinski definition) is 2. The summed E-state index contributed by atoms with van der Waals surface area (Å²) in [5.41, 5.74) is 0.954. The highest BCUT2D eigenvalue weighted by Gasteiger charge is 2.16. The molecule has 1 rings (SSSR count). The van der Waals surface area contributed by atoms with E-state index in [0.717, 1.165) is 0 Å². The van der Waals surface area contributed by atoms with E-state index < -0.39 is 11.7 Å². The van der Waals surface area contributed by atoms with Crippen molar-refractivity contribution in [3.05, 3.63) is 18.0 Å². The monoisotopic (exact) mass is 299 g/mol. The number of amides is 2. The molecule has 0 saturated carbocycles. The molecule has 110 valence electrons. The highest BCUT2D eigenvalue weighted by molar-refractivity contribution is 6.29. The number of aromatic nitrogens is 1. The number of ether oxygens (including phenoxy) is 1. The van der Waals surface area contributed by atoms with Crippen molar-refractivity contribution in [2.75, 3.05) is 16.5 Å². The molecule has 0 saturated heterocycles. The molecule has 0 atom stereocenters. The van der Waals surface area contributed by atoms with Crippen LogP contribution in [0.1, 0.15) is 26.5 Å². The number of rotatable bonds is 3. The molecule has 0 radical (unpaired) electrons. The first-order chi connectivity index (χ1) is 9.21. The molecule has 2 amide bonds. The molecule has 0 spiro atoms. The van der Waals surface area contributed by atoms with Gasteiger partial charge in [-0.15, -0.1) is 11.6 Å². The minimum Gasteiger partial charge on any atom is -0.444 e. The molecule has 1 heterocycles. The lowest BCUT2D eigenvalue weighted by Gasteiger charge is -2.19. The normalized spacial score (nSPS) is 10.8. The molecular weight excluding hydrogens is 282 g/mol. The van der Waals surface area contributed by atoms with Crippen molar-refractivity contribution in [1.29, 1.82) is 0 Å². The summed E-state index contributed by atoms with van der Waals surface area (Å²) >= 11 is 5.43. The third-order valence-corrected chi connectivity index (χ3v) is 2.37. The van der Waals surface area contributed by atoms with Gasteiger partial charge < -0.3 is 10.1 Å². The van der Waals surface area contributed by atoms with E-state index in [1.54, 1.807) is 33.8 Å². The van der Waals surface area contributed by atoms with Crippen molar-refractivity contribution in [2.24, 2.45) is 0 Å². The fraction of sp³-hybridized carbons (Fsp3) is 0.462. The predicted octanol–water partition coefficient (Wildman–Crippen LogP) is 2.91. The maximum absolute atomic E-state index is 11.6. The summed E-state index contributed by atoms with van der Waals surface area (Å²) in [6.45, 7) is 7.05. The Labute approximate surface area is 122 Å². The first-order valence-electron chi connectivity index (χ1n) is 6.04. The van der Waals surface area contributed by atoms with Crippen LogP contribution in [-0.4, -0.2) is 28.5 Å². The molecule has 20 heavy (non-hydrogen) atoms. The highest BCUT2D eigenvalue weighted by atomic mass is 35.5. The van der Waals surface area contributed by atoms with Gasteiger partial charge in [0.1, 0.15) is 11.5 Å². The number of carbonyl (C=O) groups excluding carboxylic acids is 2. The topological polar surface area (TPSA) is 80.3 Å². The van der Waals surface area contributed by atoms with Gasteiger partial charge in [-0.1, -0.05) is 0 Å². The Morgan fingerprint density at radius 3 is 2.55 bits per heavy atom. The van der Waals surface area contributed by atoms with E-state index in [1.165, 1.54) is 6.20 Å². The summed E-state index contributed by atoms with van der Waals surface area (Å²) in [6.07, 6.45) is 0.896. The highest BCUT2D eigenvalue weighted by Crippen LogP contribution is 2.18. The Balaban J connectivity index is 2.79. The maximum Gasteiger partial charge on any atom is 0.412 e. The first kappa shape index (κ1) is 16.2. The zero-order valence-electron chi connectivity index (χ0n) is 11.9. The van der Waals surface area contributed by atoms with Gasteiger partial charge >= 0.3 is 6.09 Å². The maximum atomic E-state index is 11.6. The minimum absolute atomic E-state index is 0.150. The Hall–Kier alpha value is -1.82. The summed E-state index contributed by atoms with van der Waals surface area (Å²) in [5.74, 6) is -0.491. The quantitative estimate of drug-likeness (QED) is 0.841. The molecule has 0 fully saturated rings. The second-order valence-corrected chi connectivity index (χ2v) is 5.43. The van der Waals surface area contributed by atoms with Gasteiger partial charge in [-0.2, -0.15) is 0 Å². The second kappa shape index (κ2) is 6.56. The molecule has 0 aliphatic carbocycles. The third-order valence-electron chi connectivity index (χ3n) is 2.13. The van der Waals surface area contributed by atoms with Crippen molar-refractivity contribution in [3.63, 3.8) is 0 Å². The molecule has 1 aromatic heterocycles. The number of aryl methyl sites for hydroxylation is 1. The number of alkyl halides is 1. The first-order valence-corrected chi connectivity index (χ1v) is 6.57. The van der Waals surface area contributed by atoms with Gasteiger partial charge in [0.25, 0.3) is 0 Å². The van der Waals surface area contributed by atoms with Crippen LogP contribution in [0.15, 0.2) is 12.3 Å². The van der Waals surface area contributed by atoms with E-state index in [0.29, 0.717) is 17.1 Å². The van der Waals surface area contributed by atoms with Gasteiger partial charge in [0, 0.05) is 0 Å². The van der Waals surface area contributed by atoms with E-state index in [2.05, 4.69) is 15.6 Å². The van der Waals surface area contributed by atoms with Gasteiger partial charge in [0.05, 0.1) is 23.3 Å². The average molecular weight is 300 g/mol. The van der Waals surface area contributed by atoms with Crippen LogP contribution in [-0.2, 0) is 9.53 Å². The minimum atomic E-state index is -0.585. The van der Waals surface area contributed by atoms with Crippen LogP contribution >= 0.6 is 11.6 Å². The Bertz CT molecular complexity index is 512. The van der Waals surface area contributed by atoms with Crippen LogP contribution in [0.25, 0.3) is 0 Å². The average Bonchev–Trinajstić information content (AvgIpc) is 2.30. The molecule has 0 aromatic carbocycles. The molecule has 0 bridgehead atoms. The lowest BCUT2D eigenvalue weighted by Crippen LogP contribution is -2.27. The van der Waals surface area contributed by atoms with Gasteiger partial charge in [-0.25, -0.2) is 4.79 Å². The lowest BCUT2D eigenvalue weighted by atomic mass is 10.2. The summed E-state index contributed by atoms with van der Waals surface area (Å²) in [6, 6.07) is 1.59. The predicted molar refractivity (Wildman–Crippen MR) is 78.2 cm³/mol. The van der Waals surface area contributed by atoms with Crippen LogP contribution in [0.2, 0.25) is 0 Å². The molecule has 0 unspecified atom stereocenters. The Kier molecular flexibility index (Phi) is 5.33. The fourth-order valence-corrected chi connectivity index (χ4v) is 1.40. The van der Waals surface area contributed by atoms with Gasteiger partial charge in [-0.3, -0.25) is 15.1 Å². The standard InChI is InChI=1S/C13H18ClN3O3/c1-8-10(17-11(18)6-14)5-9(7-15-8)16-12(19)20-13(2,3)4/h5,7H,6H2,1-4H3,(H,16,19)(H,17,18). The van der Waals surface area contributed by atoms with E-state index in [-0.39, 0.29) is 11.8 Å². The molecule has 0 aliphatic heterocycles. The van der Waals surface area contributed by atoms with Crippen LogP contribution in [0.5, 0.6) is 0 Å². The summed E-state index contributed by atoms with van der Waals surface area (Å²) in [5, 5.41) is 5.15. The van der Waals surface area contributed by atoms with Crippen molar-refractivity contribution >= 4 is 35.0 Å². The van der Waals surface area contributed by atoms with Crippen LogP contribution in [0.4, 0.5) is 16.2 Å². The molecular formula is C13H18ClN3O3. The largest absolute Gasteiger partial charge is 0.444 e. The van der Waals surface area contributed by atoms with Gasteiger partial charge in [0.15, 0.2) is 0 Å². The summed E-state index contributed by atoms with van der Waals surface area (Å²) in [7, 11) is 0. The second-order valence-electron chi connectivity index (χ2n) is 5.17. The number of nitrogens with zero attached hydrogens (tertiary/aromatic N) is 1. The SMILES string of the molecule is Cc1ncc(NC(=O)OC(C)(C)C)cc1NC(=O)CCl. The number of pyridine rings is 1. The number of halogens is 1. The van der Waals surface area contributed by atoms with E-state index in [9.17, 15) is 9.59 Å². The number of carbonyl (C=O) groups is 2. The van der Waals surface area contributed by atoms with Crippen molar-refractivity contribution in [2.45, 2.75) is 33.3 Å². The smallest absolute Gasteiger partial charge is 0.412 e. The summed E-state index contributed by atoms with van der Waals surface area (Å²) in [4.78, 5) is 27.0. The molecule has 7 heteroatoms. The van der Waals surface area contributed by atoms with Crippen LogP contribution < -0.4 is 10.6 Å². The number of hydrogen-bond acceptors (Lipinski definition) is 4. The van der Waals surface area contributed by atoms with E-state index in [4.69, 9.17) is 16.3 Å². The third kappa shape index (κ3) is 5.44. The van der Waals surface area contributed by atoms with Gasteiger partial charge in [0.2, 0.25) is 5.91 Å². The Morgan fingerprint density at radius 2 is 2.00 bits per heavy atom. The molecule has 6 nitrogen and oxygen atoms in total. The van der Waals surface area contributed by atoms with E-state index >= 15 is 0 Å². The number of anilines is 2. The zero-order valence-corrected chi connectivity index (χ0v) is 12.7. The van der Waals surface area contributed by atoms with Gasteiger partial charge in [-0.05, 0) is 33.8 Å². The molecule has 0 aliphatic rings. The van der Waals surface area contributed by atoms with Crippen LogP contribution in [0, 0.1) is 6.92 Å². The summed E-state index contributed by atoms with van der Waals surface area (Å²) < 4.78 is 5.13. The van der Waals surface area contributed by atoms with Crippen molar-refractivity contribution < 1.29 is 14.3 Å². The zero-order chi connectivity index (χ0) is 15.3. The van der Waals surface area contributed by atoms with Crippen molar-refractivity contribution in [3.8, 4) is 0 Å². The Morgan fingerprint density at radius 1 is 1.35 bits per heavy atom. The lowest BCUT2D eigenvalue weighted by molar-refractivity contribution is -0.113. The van der Waals surface area contributed by atoms with E-state index in [1.807, 2.05) is 0 Å². The van der Waals surface area contributed by atoms with Crippen molar-refractivity contribution in [1.82, 2.24) is 4.98 Å². The number of nitrogens with one attached hydrogen (secondary N) is 2. The fourth-order valence-electron chi connectivity index (χ4n) is 1.33. The van der Waals surface area contributed by atoms with Crippen LogP contribution in [0.3, 0.4) is 0 Å².